The maximum atomic E-state index is 2.39. The average molecular weight is 549 g/mol. The van der Waals surface area contributed by atoms with Gasteiger partial charge in [0.15, 0.2) is 0 Å². The summed E-state index contributed by atoms with van der Waals surface area (Å²) in [4.78, 5) is 0. The van der Waals surface area contributed by atoms with Gasteiger partial charge in [0, 0.05) is 60.5 Å². The summed E-state index contributed by atoms with van der Waals surface area (Å²) in [6.45, 7) is 0. The Hall–Kier alpha value is -4.02. The highest BCUT2D eigenvalue weighted by Crippen LogP contribution is 2.41. The highest BCUT2D eigenvalue weighted by molar-refractivity contribution is 7.26. The maximum Gasteiger partial charge on any atom is 0.0361 e. The van der Waals surface area contributed by atoms with Crippen molar-refractivity contribution in [1.82, 2.24) is 0 Å². The van der Waals surface area contributed by atoms with Crippen molar-refractivity contribution in [2.75, 3.05) is 0 Å². The molecule has 0 spiro atoms. The van der Waals surface area contributed by atoms with E-state index in [0.29, 0.717) is 0 Å². The molecule has 0 aliphatic carbocycles. The first-order chi connectivity index (χ1) is 19.3. The van der Waals surface area contributed by atoms with E-state index in [1.807, 2.05) is 34.0 Å². The van der Waals surface area contributed by atoms with E-state index in [1.54, 1.807) is 0 Å². The molecule has 0 fully saturated rings. The third-order valence-corrected chi connectivity index (χ3v) is 11.3. The zero-order valence-corrected chi connectivity index (χ0v) is 23.2. The van der Waals surface area contributed by atoms with Crippen molar-refractivity contribution in [3.8, 4) is 22.3 Å². The van der Waals surface area contributed by atoms with Crippen LogP contribution in [0.25, 0.3) is 82.8 Å². The monoisotopic (exact) mass is 548 g/mol. The number of fused-ring (bicyclic) bond motifs is 9. The molecule has 6 aromatic carbocycles. The molecule has 182 valence electrons. The lowest BCUT2D eigenvalue weighted by Gasteiger charge is -2.05. The predicted octanol–water partition coefficient (Wildman–Crippen LogP) is 12.1. The number of hydrogen-bond acceptors (Lipinski definition) is 3. The highest BCUT2D eigenvalue weighted by Gasteiger charge is 2.12. The molecule has 9 aromatic rings. The summed E-state index contributed by atoms with van der Waals surface area (Å²) in [6.07, 6.45) is 0. The summed E-state index contributed by atoms with van der Waals surface area (Å²) < 4.78 is 8.09. The fourth-order valence-electron chi connectivity index (χ4n) is 5.95. The van der Waals surface area contributed by atoms with Crippen LogP contribution in [0.15, 0.2) is 121 Å². The lowest BCUT2D eigenvalue weighted by molar-refractivity contribution is 1.71. The highest BCUT2D eigenvalue weighted by atomic mass is 32.1. The van der Waals surface area contributed by atoms with E-state index in [0.717, 1.165) is 0 Å². The van der Waals surface area contributed by atoms with Crippen LogP contribution in [0.1, 0.15) is 0 Å². The third kappa shape index (κ3) is 3.34. The molecule has 9 rings (SSSR count). The first-order valence-electron chi connectivity index (χ1n) is 13.1. The molecule has 0 saturated carbocycles. The minimum atomic E-state index is 1.28. The van der Waals surface area contributed by atoms with Crippen LogP contribution < -0.4 is 0 Å². The molecular weight excluding hydrogens is 529 g/mol. The van der Waals surface area contributed by atoms with Crippen molar-refractivity contribution < 1.29 is 0 Å². The SMILES string of the molecule is c1ccc2c(c1)sc1cc(-c3ccc4sc5ccc(-c6ccc7c(c6)sc6ccccc67)cc5c4c3)ccc12. The van der Waals surface area contributed by atoms with E-state index in [4.69, 9.17) is 0 Å². The van der Waals surface area contributed by atoms with E-state index in [9.17, 15) is 0 Å². The second-order valence-electron chi connectivity index (χ2n) is 10.1. The van der Waals surface area contributed by atoms with Gasteiger partial charge in [-0.15, -0.1) is 34.0 Å². The summed E-state index contributed by atoms with van der Waals surface area (Å²) in [5.41, 5.74) is 5.11. The summed E-state index contributed by atoms with van der Waals surface area (Å²) in [6, 6.07) is 45.2. The Labute approximate surface area is 237 Å². The van der Waals surface area contributed by atoms with Crippen molar-refractivity contribution in [2.24, 2.45) is 0 Å². The van der Waals surface area contributed by atoms with E-state index in [1.165, 1.54) is 82.8 Å². The summed E-state index contributed by atoms with van der Waals surface area (Å²) in [5.74, 6) is 0. The number of rotatable bonds is 2. The molecule has 0 nitrogen and oxygen atoms in total. The maximum absolute atomic E-state index is 2.39. The van der Waals surface area contributed by atoms with Gasteiger partial charge >= 0.3 is 0 Å². The number of hydrogen-bond donors (Lipinski definition) is 0. The molecular formula is C36H20S3. The van der Waals surface area contributed by atoms with Crippen LogP contribution in [0.2, 0.25) is 0 Å². The smallest absolute Gasteiger partial charge is 0.0361 e. The molecule has 0 amide bonds. The Morgan fingerprint density at radius 3 is 1.13 bits per heavy atom. The molecule has 3 aromatic heterocycles. The Morgan fingerprint density at radius 1 is 0.256 bits per heavy atom. The van der Waals surface area contributed by atoms with Crippen molar-refractivity contribution >= 4 is 94.5 Å². The van der Waals surface area contributed by atoms with E-state index >= 15 is 0 Å². The molecule has 0 unspecified atom stereocenters. The Balaban J connectivity index is 1.18. The van der Waals surface area contributed by atoms with Crippen LogP contribution in [0.4, 0.5) is 0 Å². The van der Waals surface area contributed by atoms with Crippen LogP contribution in [0.5, 0.6) is 0 Å². The van der Waals surface area contributed by atoms with Gasteiger partial charge in [0.05, 0.1) is 0 Å². The van der Waals surface area contributed by atoms with Gasteiger partial charge in [0.1, 0.15) is 0 Å². The van der Waals surface area contributed by atoms with E-state index < -0.39 is 0 Å². The lowest BCUT2D eigenvalue weighted by atomic mass is 9.99. The number of benzene rings is 6. The topological polar surface area (TPSA) is 0 Å². The summed E-state index contributed by atoms with van der Waals surface area (Å²) >= 11 is 5.65. The first kappa shape index (κ1) is 21.9. The van der Waals surface area contributed by atoms with Crippen LogP contribution in [0, 0.1) is 0 Å². The fraction of sp³-hybridized carbons (Fsp3) is 0. The van der Waals surface area contributed by atoms with E-state index in [-0.39, 0.29) is 0 Å². The van der Waals surface area contributed by atoms with Gasteiger partial charge in [-0.25, -0.2) is 0 Å². The van der Waals surface area contributed by atoms with Crippen LogP contribution in [-0.2, 0) is 0 Å². The molecule has 39 heavy (non-hydrogen) atoms. The predicted molar refractivity (Wildman–Crippen MR) is 176 cm³/mol. The molecule has 0 aliphatic heterocycles. The second kappa shape index (κ2) is 8.24. The minimum Gasteiger partial charge on any atom is -0.135 e. The quantitative estimate of drug-likeness (QED) is 0.201. The van der Waals surface area contributed by atoms with Gasteiger partial charge in [-0.3, -0.25) is 0 Å². The molecule has 0 radical (unpaired) electrons. The van der Waals surface area contributed by atoms with Crippen molar-refractivity contribution in [2.45, 2.75) is 0 Å². The summed E-state index contributed by atoms with van der Waals surface area (Å²) in [7, 11) is 0. The van der Waals surface area contributed by atoms with Gasteiger partial charge in [0.25, 0.3) is 0 Å². The van der Waals surface area contributed by atoms with Crippen LogP contribution in [0.3, 0.4) is 0 Å². The van der Waals surface area contributed by atoms with Crippen molar-refractivity contribution in [3.05, 3.63) is 121 Å². The van der Waals surface area contributed by atoms with Gasteiger partial charge in [-0.05, 0) is 70.8 Å². The molecule has 0 saturated heterocycles. The Kier molecular flexibility index (Phi) is 4.62. The van der Waals surface area contributed by atoms with E-state index in [2.05, 4.69) is 121 Å². The van der Waals surface area contributed by atoms with Crippen LogP contribution >= 0.6 is 34.0 Å². The van der Waals surface area contributed by atoms with Gasteiger partial charge in [-0.1, -0.05) is 72.8 Å². The molecule has 0 bridgehead atoms. The zero-order chi connectivity index (χ0) is 25.5. The Bertz CT molecular complexity index is 2230. The fourth-order valence-corrected chi connectivity index (χ4v) is 9.30. The summed E-state index contributed by atoms with van der Waals surface area (Å²) in [5, 5.41) is 8.08. The molecule has 3 heterocycles. The average Bonchev–Trinajstić information content (AvgIpc) is 3.66. The largest absolute Gasteiger partial charge is 0.135 e. The lowest BCUT2D eigenvalue weighted by Crippen LogP contribution is -1.79. The molecule has 0 aliphatic rings. The van der Waals surface area contributed by atoms with Gasteiger partial charge in [0.2, 0.25) is 0 Å². The van der Waals surface area contributed by atoms with Gasteiger partial charge < -0.3 is 0 Å². The Morgan fingerprint density at radius 2 is 0.615 bits per heavy atom. The van der Waals surface area contributed by atoms with Crippen LogP contribution in [-0.4, -0.2) is 0 Å². The molecule has 0 N–H and O–H groups in total. The zero-order valence-electron chi connectivity index (χ0n) is 20.8. The minimum absolute atomic E-state index is 1.28. The molecule has 0 atom stereocenters. The number of thiophene rings is 3. The standard InChI is InChI=1S/C36H20S3/c1-3-7-31-25(5-1)27-13-9-23(19-35(27)38-31)21-11-15-33-29(17-21)30-18-22(12-16-34(30)37-33)24-10-14-28-26-6-2-4-8-32(26)39-36(28)20-24/h1-20H. The van der Waals surface area contributed by atoms with Gasteiger partial charge in [-0.2, -0.15) is 0 Å². The third-order valence-electron chi connectivity index (χ3n) is 7.89. The normalized spacial score (nSPS) is 12.1. The van der Waals surface area contributed by atoms with Crippen molar-refractivity contribution in [1.29, 1.82) is 0 Å². The van der Waals surface area contributed by atoms with Crippen molar-refractivity contribution in [3.63, 3.8) is 0 Å². The second-order valence-corrected chi connectivity index (χ2v) is 13.4. The first-order valence-corrected chi connectivity index (χ1v) is 15.5. The molecule has 3 heteroatoms.